The van der Waals surface area contributed by atoms with E-state index in [1.54, 1.807) is 0 Å². The molecular weight excluding hydrogens is 258 g/mol. The van der Waals surface area contributed by atoms with Crippen LogP contribution in [0.1, 0.15) is 32.8 Å². The molecule has 3 unspecified atom stereocenters. The van der Waals surface area contributed by atoms with E-state index in [0.717, 1.165) is 19.0 Å². The molecule has 0 aliphatic carbocycles. The lowest BCUT2D eigenvalue weighted by Gasteiger charge is -2.42. The topological polar surface area (TPSA) is 18.5 Å². The predicted molar refractivity (Wildman–Crippen MR) is 93.6 cm³/mol. The van der Waals surface area contributed by atoms with Crippen LogP contribution in [0.25, 0.3) is 0 Å². The van der Waals surface area contributed by atoms with Gasteiger partial charge >= 0.3 is 0 Å². The van der Waals surface area contributed by atoms with Gasteiger partial charge in [0.2, 0.25) is 0 Å². The fraction of sp³-hybridized carbons (Fsp3) is 0.667. The molecule has 2 rings (SSSR count). The van der Waals surface area contributed by atoms with Crippen molar-refractivity contribution >= 4 is 11.4 Å². The van der Waals surface area contributed by atoms with E-state index in [1.807, 2.05) is 0 Å². The molecule has 1 aromatic rings. The molecule has 118 valence electrons. The summed E-state index contributed by atoms with van der Waals surface area (Å²) < 4.78 is 0. The van der Waals surface area contributed by atoms with Gasteiger partial charge in [-0.25, -0.2) is 0 Å². The third kappa shape index (κ3) is 3.52. The van der Waals surface area contributed by atoms with E-state index in [1.165, 1.54) is 23.4 Å². The van der Waals surface area contributed by atoms with Crippen LogP contribution in [0, 0.1) is 12.8 Å². The minimum atomic E-state index is 0.544. The maximum Gasteiger partial charge on any atom is 0.0411 e. The third-order valence-electron chi connectivity index (χ3n) is 4.94. The first-order valence-corrected chi connectivity index (χ1v) is 8.22. The largest absolute Gasteiger partial charge is 0.377 e. The summed E-state index contributed by atoms with van der Waals surface area (Å²) in [6.45, 7) is 11.3. The van der Waals surface area contributed by atoms with Crippen LogP contribution < -0.4 is 15.1 Å². The van der Waals surface area contributed by atoms with Crippen LogP contribution in [0.5, 0.6) is 0 Å². The summed E-state index contributed by atoms with van der Waals surface area (Å²) in [5, 5.41) is 3.72. The summed E-state index contributed by atoms with van der Waals surface area (Å²) in [5.74, 6) is 0.721. The molecule has 21 heavy (non-hydrogen) atoms. The molecule has 1 aliphatic rings. The van der Waals surface area contributed by atoms with Gasteiger partial charge in [-0.2, -0.15) is 0 Å². The monoisotopic (exact) mass is 289 g/mol. The molecule has 3 heteroatoms. The Morgan fingerprint density at radius 3 is 2.71 bits per heavy atom. The van der Waals surface area contributed by atoms with Crippen LogP contribution in [-0.4, -0.2) is 39.3 Å². The second kappa shape index (κ2) is 6.69. The zero-order valence-electron chi connectivity index (χ0n) is 14.5. The number of rotatable bonds is 4. The highest BCUT2D eigenvalue weighted by Crippen LogP contribution is 2.28. The smallest absolute Gasteiger partial charge is 0.0411 e. The van der Waals surface area contributed by atoms with Gasteiger partial charge in [-0.15, -0.1) is 0 Å². The number of hydrogen-bond acceptors (Lipinski definition) is 3. The zero-order chi connectivity index (χ0) is 15.6. The highest BCUT2D eigenvalue weighted by atomic mass is 15.2. The minimum absolute atomic E-state index is 0.544. The number of anilines is 2. The average molecular weight is 289 g/mol. The Balaban J connectivity index is 2.24. The van der Waals surface area contributed by atoms with E-state index in [4.69, 9.17) is 0 Å². The second-order valence-electron chi connectivity index (χ2n) is 6.77. The number of aryl methyl sites for hydroxylation is 1. The highest BCUT2D eigenvalue weighted by molar-refractivity contribution is 5.63. The van der Waals surface area contributed by atoms with Gasteiger partial charge in [0.25, 0.3) is 0 Å². The van der Waals surface area contributed by atoms with Crippen LogP contribution in [-0.2, 0) is 0 Å². The van der Waals surface area contributed by atoms with Gasteiger partial charge in [-0.3, -0.25) is 0 Å². The lowest BCUT2D eigenvalue weighted by atomic mass is 9.95. The van der Waals surface area contributed by atoms with Crippen molar-refractivity contribution in [2.45, 2.75) is 46.2 Å². The maximum absolute atomic E-state index is 3.72. The van der Waals surface area contributed by atoms with Crippen LogP contribution in [0.3, 0.4) is 0 Å². The van der Waals surface area contributed by atoms with Crippen LogP contribution in [0.2, 0.25) is 0 Å². The molecule has 0 amide bonds. The number of hydrogen-bond donors (Lipinski definition) is 1. The Labute approximate surface area is 130 Å². The molecule has 0 bridgehead atoms. The summed E-state index contributed by atoms with van der Waals surface area (Å²) >= 11 is 0. The standard InChI is InChI=1S/C18H31N3/c1-7-13(2)17-12-21(15(4)11-19-17)16-9-8-14(3)18(10-16)20(5)6/h8-10,13,15,17,19H,7,11-12H2,1-6H3. The Bertz CT molecular complexity index is 470. The first-order valence-electron chi connectivity index (χ1n) is 8.22. The Hall–Kier alpha value is -1.22. The normalized spacial score (nSPS) is 24.0. The van der Waals surface area contributed by atoms with E-state index < -0.39 is 0 Å². The van der Waals surface area contributed by atoms with Gasteiger partial charge in [0.15, 0.2) is 0 Å². The van der Waals surface area contributed by atoms with Crippen molar-refractivity contribution in [2.24, 2.45) is 5.92 Å². The van der Waals surface area contributed by atoms with Crippen molar-refractivity contribution in [3.05, 3.63) is 23.8 Å². The van der Waals surface area contributed by atoms with Gasteiger partial charge in [0.1, 0.15) is 0 Å². The molecule has 1 fully saturated rings. The molecule has 0 spiro atoms. The van der Waals surface area contributed by atoms with Crippen molar-refractivity contribution < 1.29 is 0 Å². The number of benzene rings is 1. The predicted octanol–water partition coefficient (Wildman–Crippen LogP) is 3.27. The number of nitrogens with zero attached hydrogens (tertiary/aromatic N) is 2. The van der Waals surface area contributed by atoms with Crippen molar-refractivity contribution in [2.75, 3.05) is 37.0 Å². The third-order valence-corrected chi connectivity index (χ3v) is 4.94. The molecule has 0 saturated carbocycles. The van der Waals surface area contributed by atoms with E-state index >= 15 is 0 Å². The molecule has 1 aromatic carbocycles. The average Bonchev–Trinajstić information content (AvgIpc) is 2.47. The van der Waals surface area contributed by atoms with Gasteiger partial charge in [-0.1, -0.05) is 26.3 Å². The van der Waals surface area contributed by atoms with Gasteiger partial charge in [0.05, 0.1) is 0 Å². The minimum Gasteiger partial charge on any atom is -0.377 e. The summed E-state index contributed by atoms with van der Waals surface area (Å²) in [6.07, 6.45) is 1.23. The van der Waals surface area contributed by atoms with Crippen LogP contribution >= 0.6 is 0 Å². The maximum atomic E-state index is 3.72. The lowest BCUT2D eigenvalue weighted by Crippen LogP contribution is -2.57. The van der Waals surface area contributed by atoms with E-state index in [2.05, 4.69) is 75.1 Å². The van der Waals surface area contributed by atoms with Crippen molar-refractivity contribution in [3.63, 3.8) is 0 Å². The van der Waals surface area contributed by atoms with Crippen LogP contribution in [0.15, 0.2) is 18.2 Å². The summed E-state index contributed by atoms with van der Waals surface area (Å²) in [6, 6.07) is 8.00. The Kier molecular flexibility index (Phi) is 5.15. The Morgan fingerprint density at radius 1 is 1.38 bits per heavy atom. The SMILES string of the molecule is CCC(C)C1CN(c2ccc(C)c(N(C)C)c2)C(C)CN1. The van der Waals surface area contributed by atoms with E-state index in [9.17, 15) is 0 Å². The quantitative estimate of drug-likeness (QED) is 0.918. The van der Waals surface area contributed by atoms with Crippen molar-refractivity contribution in [1.82, 2.24) is 5.32 Å². The molecular formula is C18H31N3. The number of piperazine rings is 1. The molecule has 3 nitrogen and oxygen atoms in total. The van der Waals surface area contributed by atoms with Crippen molar-refractivity contribution in [3.8, 4) is 0 Å². The van der Waals surface area contributed by atoms with Crippen LogP contribution in [0.4, 0.5) is 11.4 Å². The molecule has 1 N–H and O–H groups in total. The summed E-state index contributed by atoms with van der Waals surface area (Å²) in [7, 11) is 4.24. The van der Waals surface area contributed by atoms with E-state index in [0.29, 0.717) is 12.1 Å². The van der Waals surface area contributed by atoms with Gasteiger partial charge < -0.3 is 15.1 Å². The molecule has 1 saturated heterocycles. The fourth-order valence-electron chi connectivity index (χ4n) is 3.17. The fourth-order valence-corrected chi connectivity index (χ4v) is 3.17. The molecule has 0 aromatic heterocycles. The van der Waals surface area contributed by atoms with Crippen molar-refractivity contribution in [1.29, 1.82) is 0 Å². The summed E-state index contributed by atoms with van der Waals surface area (Å²) in [4.78, 5) is 4.78. The number of nitrogens with one attached hydrogen (secondary N) is 1. The first-order chi connectivity index (χ1) is 9.93. The van der Waals surface area contributed by atoms with Gasteiger partial charge in [-0.05, 0) is 37.5 Å². The Morgan fingerprint density at radius 2 is 2.10 bits per heavy atom. The van der Waals surface area contributed by atoms with Gasteiger partial charge in [0, 0.05) is 50.6 Å². The molecule has 1 aliphatic heterocycles. The molecule has 0 radical (unpaired) electrons. The lowest BCUT2D eigenvalue weighted by molar-refractivity contribution is 0.316. The zero-order valence-corrected chi connectivity index (χ0v) is 14.5. The first kappa shape index (κ1) is 16.2. The second-order valence-corrected chi connectivity index (χ2v) is 6.77. The summed E-state index contributed by atoms with van der Waals surface area (Å²) in [5.41, 5.74) is 4.01. The molecule has 3 atom stereocenters. The van der Waals surface area contributed by atoms with E-state index in [-0.39, 0.29) is 0 Å². The highest BCUT2D eigenvalue weighted by Gasteiger charge is 2.28. The molecule has 1 heterocycles.